The molecular weight excluding hydrogens is 409 g/mol. The molecule has 2 N–H and O–H groups in total. The highest BCUT2D eigenvalue weighted by Gasteiger charge is 2.46. The van der Waals surface area contributed by atoms with E-state index in [1.165, 1.54) is 17.0 Å². The number of nitrogens with two attached hydrogens (primary N) is 1. The lowest BCUT2D eigenvalue weighted by atomic mass is 9.79. The lowest BCUT2D eigenvalue weighted by Crippen LogP contribution is -2.43. The zero-order valence-corrected chi connectivity index (χ0v) is 16.1. The van der Waals surface area contributed by atoms with Gasteiger partial charge in [0.1, 0.15) is 11.5 Å². The van der Waals surface area contributed by atoms with E-state index in [0.717, 1.165) is 6.07 Å². The lowest BCUT2D eigenvalue weighted by Gasteiger charge is -2.36. The molecule has 0 spiro atoms. The first-order chi connectivity index (χ1) is 13.6. The fourth-order valence-electron chi connectivity index (χ4n) is 3.99. The van der Waals surface area contributed by atoms with Gasteiger partial charge in [-0.3, -0.25) is 14.3 Å². The summed E-state index contributed by atoms with van der Waals surface area (Å²) in [5.74, 6) is -4.59. The standard InChI is InChI=1S/C19H18ClF3N4O2/c20-12-4-11(5-13(21)6-12)17-16(18(24)29)14-9-26(1-2-27(14)25-17)15(28)3-10-7-19(22,23)8-10/h4-6,10H,1-3,7-9H2,(H2,24,29). The Morgan fingerprint density at radius 2 is 1.97 bits per heavy atom. The lowest BCUT2D eigenvalue weighted by molar-refractivity contribution is -0.143. The Bertz CT molecular complexity index is 979. The SMILES string of the molecule is NC(=O)c1c(-c2cc(F)cc(Cl)c2)nn2c1CN(C(=O)CC1CC(F)(F)C1)CC2. The van der Waals surface area contributed by atoms with Crippen molar-refractivity contribution in [2.75, 3.05) is 6.54 Å². The Balaban J connectivity index is 1.60. The van der Waals surface area contributed by atoms with Gasteiger partial charge in [-0.05, 0) is 24.1 Å². The average Bonchev–Trinajstić information content (AvgIpc) is 2.98. The molecule has 0 unspecified atom stereocenters. The smallest absolute Gasteiger partial charge is 0.252 e. The van der Waals surface area contributed by atoms with Crippen LogP contribution in [-0.2, 0) is 17.9 Å². The Hall–Kier alpha value is -2.55. The van der Waals surface area contributed by atoms with Crippen molar-refractivity contribution in [2.45, 2.75) is 38.3 Å². The summed E-state index contributed by atoms with van der Waals surface area (Å²) in [6.07, 6.45) is -0.509. The van der Waals surface area contributed by atoms with Crippen LogP contribution >= 0.6 is 11.6 Å². The van der Waals surface area contributed by atoms with E-state index in [1.54, 1.807) is 4.68 Å². The number of carbonyl (C=O) groups excluding carboxylic acids is 2. The van der Waals surface area contributed by atoms with E-state index in [1.807, 2.05) is 0 Å². The molecule has 154 valence electrons. The number of hydrogen-bond acceptors (Lipinski definition) is 3. The zero-order chi connectivity index (χ0) is 20.9. The topological polar surface area (TPSA) is 81.2 Å². The van der Waals surface area contributed by atoms with Gasteiger partial charge in [-0.2, -0.15) is 5.10 Å². The summed E-state index contributed by atoms with van der Waals surface area (Å²) in [4.78, 5) is 26.2. The van der Waals surface area contributed by atoms with E-state index < -0.39 is 17.6 Å². The van der Waals surface area contributed by atoms with E-state index in [4.69, 9.17) is 17.3 Å². The van der Waals surface area contributed by atoms with Gasteiger partial charge in [-0.15, -0.1) is 0 Å². The fourth-order valence-corrected chi connectivity index (χ4v) is 4.21. The number of hydrogen-bond donors (Lipinski definition) is 1. The molecule has 2 heterocycles. The van der Waals surface area contributed by atoms with Gasteiger partial charge in [0.2, 0.25) is 11.8 Å². The largest absolute Gasteiger partial charge is 0.365 e. The molecule has 6 nitrogen and oxygen atoms in total. The third-order valence-electron chi connectivity index (χ3n) is 5.35. The Kier molecular flexibility index (Phi) is 4.80. The van der Waals surface area contributed by atoms with E-state index in [0.29, 0.717) is 24.3 Å². The molecule has 0 bridgehead atoms. The van der Waals surface area contributed by atoms with Crippen molar-refractivity contribution in [3.05, 3.63) is 40.3 Å². The summed E-state index contributed by atoms with van der Waals surface area (Å²) in [6.45, 7) is 0.722. The van der Waals surface area contributed by atoms with Crippen molar-refractivity contribution in [2.24, 2.45) is 11.7 Å². The number of rotatable bonds is 4. The quantitative estimate of drug-likeness (QED) is 0.815. The van der Waals surface area contributed by atoms with Crippen LogP contribution in [0.1, 0.15) is 35.3 Å². The molecule has 4 rings (SSSR count). The summed E-state index contributed by atoms with van der Waals surface area (Å²) in [7, 11) is 0. The normalized spacial score (nSPS) is 18.3. The van der Waals surface area contributed by atoms with Crippen LogP contribution in [-0.4, -0.2) is 39.0 Å². The minimum absolute atomic E-state index is 0.0436. The molecule has 1 aliphatic heterocycles. The maximum absolute atomic E-state index is 13.8. The Morgan fingerprint density at radius 3 is 2.59 bits per heavy atom. The molecule has 1 aliphatic carbocycles. The van der Waals surface area contributed by atoms with Crippen molar-refractivity contribution in [3.8, 4) is 11.3 Å². The number of aromatic nitrogens is 2. The van der Waals surface area contributed by atoms with Crippen molar-refractivity contribution in [1.82, 2.24) is 14.7 Å². The summed E-state index contributed by atoms with van der Waals surface area (Å²) in [6, 6.07) is 3.81. The minimum atomic E-state index is -2.67. The second-order valence-electron chi connectivity index (χ2n) is 7.57. The average molecular weight is 427 g/mol. The third kappa shape index (κ3) is 3.83. The van der Waals surface area contributed by atoms with E-state index in [-0.39, 0.29) is 53.9 Å². The molecule has 0 radical (unpaired) electrons. The monoisotopic (exact) mass is 426 g/mol. The van der Waals surface area contributed by atoms with Gasteiger partial charge < -0.3 is 10.6 Å². The number of primary amides is 1. The van der Waals surface area contributed by atoms with Gasteiger partial charge in [-0.25, -0.2) is 13.2 Å². The molecule has 1 aromatic carbocycles. The molecule has 2 aromatic rings. The summed E-state index contributed by atoms with van der Waals surface area (Å²) >= 11 is 5.91. The zero-order valence-electron chi connectivity index (χ0n) is 15.3. The molecule has 2 aliphatic rings. The highest BCUT2D eigenvalue weighted by atomic mass is 35.5. The van der Waals surface area contributed by atoms with Crippen molar-refractivity contribution < 1.29 is 22.8 Å². The number of fused-ring (bicyclic) bond motifs is 1. The van der Waals surface area contributed by atoms with Gasteiger partial charge in [-0.1, -0.05) is 11.6 Å². The number of benzene rings is 1. The van der Waals surface area contributed by atoms with Gasteiger partial charge >= 0.3 is 0 Å². The van der Waals surface area contributed by atoms with Crippen molar-refractivity contribution in [3.63, 3.8) is 0 Å². The first kappa shape index (κ1) is 19.8. The maximum atomic E-state index is 13.8. The molecule has 2 amide bonds. The Morgan fingerprint density at radius 1 is 1.24 bits per heavy atom. The highest BCUT2D eigenvalue weighted by Crippen LogP contribution is 2.44. The van der Waals surface area contributed by atoms with E-state index >= 15 is 0 Å². The second-order valence-corrected chi connectivity index (χ2v) is 8.00. The van der Waals surface area contributed by atoms with Crippen LogP contribution in [0.5, 0.6) is 0 Å². The number of nitrogens with zero attached hydrogens (tertiary/aromatic N) is 3. The summed E-state index contributed by atoms with van der Waals surface area (Å²) in [5, 5.41) is 4.53. The molecular formula is C19H18ClF3N4O2. The van der Waals surface area contributed by atoms with Gasteiger partial charge in [0.25, 0.3) is 5.91 Å². The fraction of sp³-hybridized carbons (Fsp3) is 0.421. The molecule has 1 aromatic heterocycles. The number of halogens is 4. The van der Waals surface area contributed by atoms with E-state index in [2.05, 4.69) is 5.10 Å². The Labute approximate surface area is 169 Å². The molecule has 0 atom stereocenters. The first-order valence-corrected chi connectivity index (χ1v) is 9.52. The van der Waals surface area contributed by atoms with Crippen LogP contribution in [0, 0.1) is 11.7 Å². The first-order valence-electron chi connectivity index (χ1n) is 9.14. The van der Waals surface area contributed by atoms with Crippen LogP contribution < -0.4 is 5.73 Å². The molecule has 1 fully saturated rings. The van der Waals surface area contributed by atoms with Crippen LogP contribution in [0.25, 0.3) is 11.3 Å². The third-order valence-corrected chi connectivity index (χ3v) is 5.57. The van der Waals surface area contributed by atoms with Crippen molar-refractivity contribution in [1.29, 1.82) is 0 Å². The number of amides is 2. The number of carbonyl (C=O) groups is 2. The predicted octanol–water partition coefficient (Wildman–Crippen LogP) is 3.22. The molecule has 0 saturated heterocycles. The van der Waals surface area contributed by atoms with Gasteiger partial charge in [0, 0.05) is 36.4 Å². The summed E-state index contributed by atoms with van der Waals surface area (Å²) in [5.41, 5.74) is 6.59. The number of alkyl halides is 2. The van der Waals surface area contributed by atoms with Gasteiger partial charge in [0.15, 0.2) is 0 Å². The minimum Gasteiger partial charge on any atom is -0.365 e. The van der Waals surface area contributed by atoms with Crippen LogP contribution in [0.3, 0.4) is 0 Å². The molecule has 1 saturated carbocycles. The highest BCUT2D eigenvalue weighted by molar-refractivity contribution is 6.30. The maximum Gasteiger partial charge on any atom is 0.252 e. The van der Waals surface area contributed by atoms with E-state index in [9.17, 15) is 22.8 Å². The van der Waals surface area contributed by atoms with Crippen LogP contribution in [0.2, 0.25) is 5.02 Å². The van der Waals surface area contributed by atoms with Crippen molar-refractivity contribution >= 4 is 23.4 Å². The van der Waals surface area contributed by atoms with Crippen LogP contribution in [0.4, 0.5) is 13.2 Å². The summed E-state index contributed by atoms with van der Waals surface area (Å²) < 4.78 is 41.4. The van der Waals surface area contributed by atoms with Crippen LogP contribution in [0.15, 0.2) is 18.2 Å². The molecule has 10 heteroatoms. The molecule has 29 heavy (non-hydrogen) atoms. The van der Waals surface area contributed by atoms with Gasteiger partial charge in [0.05, 0.1) is 24.3 Å². The predicted molar refractivity (Wildman–Crippen MR) is 98.9 cm³/mol. The second kappa shape index (κ2) is 7.05.